The van der Waals surface area contributed by atoms with Crippen LogP contribution in [-0.4, -0.2) is 57.6 Å². The Kier molecular flexibility index (Phi) is 4.83. The summed E-state index contributed by atoms with van der Waals surface area (Å²) in [6.07, 6.45) is 4.15. The van der Waals surface area contributed by atoms with Crippen LogP contribution in [0.15, 0.2) is 10.6 Å². The van der Waals surface area contributed by atoms with Gasteiger partial charge >= 0.3 is 5.97 Å². The number of ether oxygens (including phenoxy) is 1. The topological polar surface area (TPSA) is 96.0 Å². The molecule has 0 aromatic carbocycles. The summed E-state index contributed by atoms with van der Waals surface area (Å²) in [5.74, 6) is -1.08. The Hall–Kier alpha value is -1.60. The standard InChI is InChI=1S/C17H26N2O5/c1-11(2)15(16(21)22)13-8-14(18-24-13)23-9-12-4-6-17(10-20)5-3-7-19(12)17/h8,11-12,15,20H,3-7,9-10H2,1-2H3,(H,21,22). The van der Waals surface area contributed by atoms with E-state index >= 15 is 0 Å². The van der Waals surface area contributed by atoms with E-state index in [1.165, 1.54) is 0 Å². The molecule has 1 aromatic rings. The maximum Gasteiger partial charge on any atom is 0.314 e. The van der Waals surface area contributed by atoms with Crippen LogP contribution in [0.1, 0.15) is 51.2 Å². The molecule has 0 bridgehead atoms. The molecule has 24 heavy (non-hydrogen) atoms. The van der Waals surface area contributed by atoms with E-state index < -0.39 is 11.9 Å². The van der Waals surface area contributed by atoms with Gasteiger partial charge in [-0.1, -0.05) is 13.8 Å². The third kappa shape index (κ3) is 3.02. The zero-order valence-corrected chi connectivity index (χ0v) is 14.3. The smallest absolute Gasteiger partial charge is 0.314 e. The fourth-order valence-electron chi connectivity index (χ4n) is 4.21. The van der Waals surface area contributed by atoms with Crippen LogP contribution in [-0.2, 0) is 4.79 Å². The van der Waals surface area contributed by atoms with Crippen molar-refractivity contribution in [3.8, 4) is 5.88 Å². The molecule has 3 atom stereocenters. The lowest BCUT2D eigenvalue weighted by atomic mass is 9.94. The fourth-order valence-corrected chi connectivity index (χ4v) is 4.21. The van der Waals surface area contributed by atoms with Crippen molar-refractivity contribution in [3.05, 3.63) is 11.8 Å². The van der Waals surface area contributed by atoms with Gasteiger partial charge in [-0.05, 0) is 43.3 Å². The molecule has 3 rings (SSSR count). The Morgan fingerprint density at radius 2 is 2.33 bits per heavy atom. The van der Waals surface area contributed by atoms with Gasteiger partial charge in [0.05, 0.1) is 6.61 Å². The molecule has 1 aromatic heterocycles. The molecule has 2 aliphatic heterocycles. The van der Waals surface area contributed by atoms with Gasteiger partial charge in [-0.3, -0.25) is 9.69 Å². The van der Waals surface area contributed by atoms with E-state index in [0.717, 1.165) is 32.2 Å². The number of carboxylic acids is 1. The number of hydrogen-bond donors (Lipinski definition) is 2. The third-order valence-corrected chi connectivity index (χ3v) is 5.50. The number of carbonyl (C=O) groups is 1. The number of rotatable bonds is 7. The maximum atomic E-state index is 11.4. The largest absolute Gasteiger partial charge is 0.481 e. The Balaban J connectivity index is 1.61. The summed E-state index contributed by atoms with van der Waals surface area (Å²) in [5, 5.41) is 22.9. The number of fused-ring (bicyclic) bond motifs is 1. The first-order chi connectivity index (χ1) is 11.5. The molecule has 2 fully saturated rings. The number of nitrogens with zero attached hydrogens (tertiary/aromatic N) is 2. The molecule has 2 N–H and O–H groups in total. The van der Waals surface area contributed by atoms with Gasteiger partial charge in [0.1, 0.15) is 12.5 Å². The first-order valence-electron chi connectivity index (χ1n) is 8.66. The van der Waals surface area contributed by atoms with Gasteiger partial charge in [0.15, 0.2) is 5.76 Å². The Labute approximate surface area is 141 Å². The van der Waals surface area contributed by atoms with Crippen molar-refractivity contribution in [1.29, 1.82) is 0 Å². The summed E-state index contributed by atoms with van der Waals surface area (Å²) in [4.78, 5) is 13.7. The van der Waals surface area contributed by atoms with Crippen molar-refractivity contribution >= 4 is 5.97 Å². The zero-order chi connectivity index (χ0) is 17.3. The number of aliphatic hydroxyl groups excluding tert-OH is 1. The van der Waals surface area contributed by atoms with E-state index in [4.69, 9.17) is 9.26 Å². The molecule has 2 aliphatic rings. The lowest BCUT2D eigenvalue weighted by molar-refractivity contribution is -0.140. The van der Waals surface area contributed by atoms with Gasteiger partial charge in [-0.15, -0.1) is 0 Å². The minimum Gasteiger partial charge on any atom is -0.481 e. The van der Waals surface area contributed by atoms with Crippen LogP contribution in [0.25, 0.3) is 0 Å². The van der Waals surface area contributed by atoms with E-state index in [-0.39, 0.29) is 24.1 Å². The number of hydrogen-bond acceptors (Lipinski definition) is 6. The SMILES string of the molecule is CC(C)C(C(=O)O)c1cc(OCC2CCC3(CO)CCCN23)no1. The Bertz CT molecular complexity index is 587. The van der Waals surface area contributed by atoms with E-state index in [1.54, 1.807) is 6.07 Å². The first-order valence-corrected chi connectivity index (χ1v) is 8.66. The lowest BCUT2D eigenvalue weighted by Crippen LogP contribution is -2.46. The van der Waals surface area contributed by atoms with Gasteiger partial charge in [-0.2, -0.15) is 0 Å². The minimum absolute atomic E-state index is 0.0605. The maximum absolute atomic E-state index is 11.4. The van der Waals surface area contributed by atoms with Crippen LogP contribution in [0.5, 0.6) is 5.88 Å². The highest BCUT2D eigenvalue weighted by atomic mass is 16.5. The van der Waals surface area contributed by atoms with Crippen molar-refractivity contribution in [3.63, 3.8) is 0 Å². The molecule has 0 amide bonds. The van der Waals surface area contributed by atoms with Gasteiger partial charge in [-0.25, -0.2) is 0 Å². The van der Waals surface area contributed by atoms with E-state index in [1.807, 2.05) is 13.8 Å². The van der Waals surface area contributed by atoms with Crippen LogP contribution in [0, 0.1) is 5.92 Å². The molecule has 2 saturated heterocycles. The Morgan fingerprint density at radius 1 is 1.54 bits per heavy atom. The average Bonchev–Trinajstić information content (AvgIpc) is 3.20. The summed E-state index contributed by atoms with van der Waals surface area (Å²) in [6.45, 7) is 5.34. The van der Waals surface area contributed by atoms with Gasteiger partial charge in [0.2, 0.25) is 0 Å². The minimum atomic E-state index is -0.923. The summed E-state index contributed by atoms with van der Waals surface area (Å²) < 4.78 is 10.9. The van der Waals surface area contributed by atoms with Gasteiger partial charge < -0.3 is 19.5 Å². The number of aliphatic hydroxyl groups is 1. The first kappa shape index (κ1) is 17.2. The van der Waals surface area contributed by atoms with E-state index in [0.29, 0.717) is 18.2 Å². The average molecular weight is 338 g/mol. The quantitative estimate of drug-likeness (QED) is 0.783. The van der Waals surface area contributed by atoms with Gasteiger partial charge in [0, 0.05) is 17.6 Å². The monoisotopic (exact) mass is 338 g/mol. The van der Waals surface area contributed by atoms with Crippen molar-refractivity contribution in [2.24, 2.45) is 5.92 Å². The highest BCUT2D eigenvalue weighted by molar-refractivity contribution is 5.75. The van der Waals surface area contributed by atoms with E-state index in [2.05, 4.69) is 10.1 Å². The molecule has 3 heterocycles. The van der Waals surface area contributed by atoms with Crippen LogP contribution >= 0.6 is 0 Å². The molecule has 0 spiro atoms. The third-order valence-electron chi connectivity index (χ3n) is 5.50. The Morgan fingerprint density at radius 3 is 3.00 bits per heavy atom. The van der Waals surface area contributed by atoms with Crippen LogP contribution in [0.3, 0.4) is 0 Å². The molecule has 7 heteroatoms. The summed E-state index contributed by atoms with van der Waals surface area (Å²) in [7, 11) is 0. The second-order valence-electron chi connectivity index (χ2n) is 7.31. The second kappa shape index (κ2) is 6.72. The zero-order valence-electron chi connectivity index (χ0n) is 14.3. The molecule has 3 unspecified atom stereocenters. The summed E-state index contributed by atoms with van der Waals surface area (Å²) in [6, 6.07) is 1.84. The molecule has 0 aliphatic carbocycles. The number of aliphatic carboxylic acids is 1. The second-order valence-corrected chi connectivity index (χ2v) is 7.31. The number of aromatic nitrogens is 1. The van der Waals surface area contributed by atoms with Crippen molar-refractivity contribution in [2.45, 2.75) is 57.0 Å². The normalized spacial score (nSPS) is 28.2. The molecular weight excluding hydrogens is 312 g/mol. The van der Waals surface area contributed by atoms with Crippen molar-refractivity contribution in [1.82, 2.24) is 10.1 Å². The summed E-state index contributed by atoms with van der Waals surface area (Å²) in [5.41, 5.74) is -0.0605. The molecule has 7 nitrogen and oxygen atoms in total. The van der Waals surface area contributed by atoms with E-state index in [9.17, 15) is 15.0 Å². The van der Waals surface area contributed by atoms with Crippen LogP contribution in [0.2, 0.25) is 0 Å². The highest BCUT2D eigenvalue weighted by Crippen LogP contribution is 2.42. The van der Waals surface area contributed by atoms with Crippen molar-refractivity contribution in [2.75, 3.05) is 19.8 Å². The summed E-state index contributed by atoms with van der Waals surface area (Å²) >= 11 is 0. The van der Waals surface area contributed by atoms with Crippen molar-refractivity contribution < 1.29 is 24.3 Å². The van der Waals surface area contributed by atoms with Crippen LogP contribution < -0.4 is 4.74 Å². The number of carboxylic acid groups (broad SMARTS) is 1. The predicted octanol–water partition coefficient (Wildman–Crippen LogP) is 1.87. The predicted molar refractivity (Wildman–Crippen MR) is 86.0 cm³/mol. The van der Waals surface area contributed by atoms with Crippen LogP contribution in [0.4, 0.5) is 0 Å². The highest BCUT2D eigenvalue weighted by Gasteiger charge is 2.48. The molecule has 0 saturated carbocycles. The molecular formula is C17H26N2O5. The fraction of sp³-hybridized carbons (Fsp3) is 0.765. The molecule has 134 valence electrons. The molecule has 0 radical (unpaired) electrons. The lowest BCUT2D eigenvalue weighted by Gasteiger charge is -2.33. The van der Waals surface area contributed by atoms with Gasteiger partial charge in [0.25, 0.3) is 5.88 Å².